The van der Waals surface area contributed by atoms with Crippen molar-refractivity contribution in [3.8, 4) is 11.5 Å². The fourth-order valence-electron chi connectivity index (χ4n) is 4.25. The number of likely N-dealkylation sites (tertiary alicyclic amines) is 1. The predicted molar refractivity (Wildman–Crippen MR) is 110 cm³/mol. The summed E-state index contributed by atoms with van der Waals surface area (Å²) in [5.41, 5.74) is 1.45. The van der Waals surface area contributed by atoms with Gasteiger partial charge in [-0.3, -0.25) is 4.79 Å². The zero-order chi connectivity index (χ0) is 20.9. The van der Waals surface area contributed by atoms with Crippen LogP contribution in [0.15, 0.2) is 12.1 Å². The third-order valence-corrected chi connectivity index (χ3v) is 5.94. The highest BCUT2D eigenvalue weighted by Crippen LogP contribution is 2.34. The lowest BCUT2D eigenvalue weighted by molar-refractivity contribution is -0.0576. The number of aliphatic hydroxyl groups is 1. The molecule has 3 aliphatic rings. The van der Waals surface area contributed by atoms with Gasteiger partial charge in [0.25, 0.3) is 5.91 Å². The molecule has 30 heavy (non-hydrogen) atoms. The van der Waals surface area contributed by atoms with Crippen LogP contribution in [0, 0.1) is 12.8 Å². The van der Waals surface area contributed by atoms with Gasteiger partial charge >= 0.3 is 0 Å². The molecule has 2 atom stereocenters. The number of fused-ring (bicyclic) bond motifs is 1. The summed E-state index contributed by atoms with van der Waals surface area (Å²) in [6.45, 7) is 7.15. The zero-order valence-corrected chi connectivity index (χ0v) is 17.6. The number of aryl methyl sites for hydroxylation is 1. The average Bonchev–Trinajstić information content (AvgIpc) is 3.15. The van der Waals surface area contributed by atoms with Crippen molar-refractivity contribution in [2.24, 2.45) is 5.92 Å². The summed E-state index contributed by atoms with van der Waals surface area (Å²) in [5.74, 6) is 0.985. The molecule has 0 bridgehead atoms. The summed E-state index contributed by atoms with van der Waals surface area (Å²) < 4.78 is 22.5. The smallest absolute Gasteiger partial charge is 0.255 e. The molecule has 0 spiro atoms. The SMILES string of the molecule is Cc1cc2c(c(C(=O)NC[C@@H]3CCN(CCC4OCCO4)CC3O)c1)OCCCO2. The molecule has 1 unspecified atom stereocenters. The van der Waals surface area contributed by atoms with E-state index in [1.165, 1.54) is 0 Å². The van der Waals surface area contributed by atoms with Gasteiger partial charge in [-0.1, -0.05) is 0 Å². The number of nitrogens with zero attached hydrogens (tertiary/aromatic N) is 1. The Balaban J connectivity index is 1.29. The molecule has 1 aromatic rings. The number of hydrogen-bond donors (Lipinski definition) is 2. The summed E-state index contributed by atoms with van der Waals surface area (Å²) in [7, 11) is 0. The Morgan fingerprint density at radius 2 is 2.00 bits per heavy atom. The first-order valence-electron chi connectivity index (χ1n) is 10.9. The molecule has 2 fully saturated rings. The molecular formula is C22H32N2O6. The van der Waals surface area contributed by atoms with Gasteiger partial charge in [0.15, 0.2) is 17.8 Å². The van der Waals surface area contributed by atoms with E-state index in [1.54, 1.807) is 0 Å². The maximum atomic E-state index is 12.9. The minimum Gasteiger partial charge on any atom is -0.490 e. The average molecular weight is 421 g/mol. The lowest BCUT2D eigenvalue weighted by Crippen LogP contribution is -2.48. The van der Waals surface area contributed by atoms with Crippen molar-refractivity contribution >= 4 is 5.91 Å². The minimum atomic E-state index is -0.473. The van der Waals surface area contributed by atoms with Gasteiger partial charge in [0, 0.05) is 38.4 Å². The van der Waals surface area contributed by atoms with Gasteiger partial charge in [-0.2, -0.15) is 0 Å². The van der Waals surface area contributed by atoms with Crippen molar-refractivity contribution in [3.05, 3.63) is 23.3 Å². The molecule has 4 rings (SSSR count). The van der Waals surface area contributed by atoms with Gasteiger partial charge in [-0.15, -0.1) is 0 Å². The van der Waals surface area contributed by atoms with Crippen LogP contribution in [0.2, 0.25) is 0 Å². The second-order valence-corrected chi connectivity index (χ2v) is 8.28. The molecular weight excluding hydrogens is 388 g/mol. The van der Waals surface area contributed by atoms with Crippen LogP contribution in [-0.4, -0.2) is 80.9 Å². The summed E-state index contributed by atoms with van der Waals surface area (Å²) in [6.07, 6.45) is 1.85. The van der Waals surface area contributed by atoms with Gasteiger partial charge in [-0.25, -0.2) is 0 Å². The number of carbonyl (C=O) groups excluding carboxylic acids is 1. The van der Waals surface area contributed by atoms with Gasteiger partial charge in [0.1, 0.15) is 0 Å². The molecule has 3 heterocycles. The fraction of sp³-hybridized carbons (Fsp3) is 0.682. The summed E-state index contributed by atoms with van der Waals surface area (Å²) >= 11 is 0. The van der Waals surface area contributed by atoms with Crippen molar-refractivity contribution < 1.29 is 28.8 Å². The standard InChI is InChI=1S/C22H32N2O6/c1-15-11-17(21-19(12-15)27-7-2-8-30-21)22(26)23-13-16-3-5-24(14-18(16)25)6-4-20-28-9-10-29-20/h11-12,16,18,20,25H,2-10,13-14H2,1H3,(H,23,26)/t16-,18?/m0/s1. The van der Waals surface area contributed by atoms with Crippen LogP contribution >= 0.6 is 0 Å². The molecule has 8 heteroatoms. The molecule has 1 amide bonds. The number of β-amino-alcohol motifs (C(OH)–C–C–N with tert-alkyl or cyclic N) is 1. The lowest BCUT2D eigenvalue weighted by Gasteiger charge is -2.36. The minimum absolute atomic E-state index is 0.0322. The second kappa shape index (κ2) is 9.96. The van der Waals surface area contributed by atoms with Gasteiger partial charge in [0.2, 0.25) is 0 Å². The number of carbonyl (C=O) groups is 1. The first kappa shape index (κ1) is 21.4. The van der Waals surface area contributed by atoms with E-state index < -0.39 is 6.10 Å². The molecule has 3 aliphatic heterocycles. The Bertz CT molecular complexity index is 737. The van der Waals surface area contributed by atoms with Crippen molar-refractivity contribution in [1.82, 2.24) is 10.2 Å². The number of amides is 1. The first-order chi connectivity index (χ1) is 14.6. The highest BCUT2D eigenvalue weighted by molar-refractivity contribution is 5.98. The molecule has 2 saturated heterocycles. The van der Waals surface area contributed by atoms with Crippen LogP contribution in [-0.2, 0) is 9.47 Å². The third kappa shape index (κ3) is 5.24. The Morgan fingerprint density at radius 1 is 1.20 bits per heavy atom. The third-order valence-electron chi connectivity index (χ3n) is 5.94. The largest absolute Gasteiger partial charge is 0.490 e. The molecule has 2 N–H and O–H groups in total. The Hall–Kier alpha value is -1.87. The topological polar surface area (TPSA) is 89.5 Å². The fourth-order valence-corrected chi connectivity index (χ4v) is 4.25. The lowest BCUT2D eigenvalue weighted by atomic mass is 9.93. The summed E-state index contributed by atoms with van der Waals surface area (Å²) in [6, 6.07) is 3.73. The molecule has 8 nitrogen and oxygen atoms in total. The number of nitrogens with one attached hydrogen (secondary N) is 1. The molecule has 0 radical (unpaired) electrons. The van der Waals surface area contributed by atoms with Crippen LogP contribution < -0.4 is 14.8 Å². The number of piperidine rings is 1. The van der Waals surface area contributed by atoms with Crippen LogP contribution in [0.4, 0.5) is 0 Å². The highest BCUT2D eigenvalue weighted by atomic mass is 16.7. The molecule has 0 aliphatic carbocycles. The van der Waals surface area contributed by atoms with Crippen molar-refractivity contribution in [2.45, 2.75) is 38.6 Å². The van der Waals surface area contributed by atoms with Gasteiger partial charge in [0.05, 0.1) is 38.1 Å². The Labute approximate surface area is 177 Å². The second-order valence-electron chi connectivity index (χ2n) is 8.28. The molecule has 1 aromatic carbocycles. The molecule has 0 saturated carbocycles. The van der Waals surface area contributed by atoms with Crippen LogP contribution in [0.5, 0.6) is 11.5 Å². The van der Waals surface area contributed by atoms with Crippen molar-refractivity contribution in [1.29, 1.82) is 0 Å². The van der Waals surface area contributed by atoms with Crippen LogP contribution in [0.25, 0.3) is 0 Å². The van der Waals surface area contributed by atoms with E-state index in [4.69, 9.17) is 18.9 Å². The maximum Gasteiger partial charge on any atom is 0.255 e. The van der Waals surface area contributed by atoms with E-state index in [9.17, 15) is 9.90 Å². The maximum absolute atomic E-state index is 12.9. The summed E-state index contributed by atoms with van der Waals surface area (Å²) in [5, 5.41) is 13.6. The Morgan fingerprint density at radius 3 is 2.80 bits per heavy atom. The number of rotatable bonds is 6. The number of hydrogen-bond acceptors (Lipinski definition) is 7. The number of aliphatic hydroxyl groups excluding tert-OH is 1. The van der Waals surface area contributed by atoms with Crippen molar-refractivity contribution in [3.63, 3.8) is 0 Å². The molecule has 166 valence electrons. The first-order valence-corrected chi connectivity index (χ1v) is 10.9. The quantitative estimate of drug-likeness (QED) is 0.718. The van der Waals surface area contributed by atoms with E-state index >= 15 is 0 Å². The van der Waals surface area contributed by atoms with Crippen LogP contribution in [0.3, 0.4) is 0 Å². The van der Waals surface area contributed by atoms with Gasteiger partial charge in [-0.05, 0) is 37.6 Å². The number of ether oxygens (including phenoxy) is 4. The molecule has 0 aromatic heterocycles. The van der Waals surface area contributed by atoms with E-state index in [0.29, 0.717) is 56.6 Å². The Kier molecular flexibility index (Phi) is 7.09. The van der Waals surface area contributed by atoms with E-state index in [2.05, 4.69) is 10.2 Å². The summed E-state index contributed by atoms with van der Waals surface area (Å²) in [4.78, 5) is 15.1. The highest BCUT2D eigenvalue weighted by Gasteiger charge is 2.29. The van der Waals surface area contributed by atoms with E-state index in [0.717, 1.165) is 37.9 Å². The number of benzene rings is 1. The van der Waals surface area contributed by atoms with E-state index in [1.807, 2.05) is 19.1 Å². The predicted octanol–water partition coefficient (Wildman–Crippen LogP) is 1.33. The van der Waals surface area contributed by atoms with Gasteiger partial charge < -0.3 is 34.3 Å². The van der Waals surface area contributed by atoms with Crippen LogP contribution in [0.1, 0.15) is 35.2 Å². The van der Waals surface area contributed by atoms with E-state index in [-0.39, 0.29) is 18.1 Å². The van der Waals surface area contributed by atoms with Crippen molar-refractivity contribution in [2.75, 3.05) is 52.6 Å². The monoisotopic (exact) mass is 420 g/mol. The zero-order valence-electron chi connectivity index (χ0n) is 17.6. The normalized spacial score (nSPS) is 25.1.